The summed E-state index contributed by atoms with van der Waals surface area (Å²) < 4.78 is 0. The first kappa shape index (κ1) is 18.5. The van der Waals surface area contributed by atoms with E-state index in [2.05, 4.69) is 10.6 Å². The van der Waals surface area contributed by atoms with Crippen LogP contribution in [0.1, 0.15) is 15.9 Å². The number of carboxylic acids is 1. The van der Waals surface area contributed by atoms with E-state index in [4.69, 9.17) is 10.4 Å². The number of nitrogens with zero attached hydrogens (tertiary/aromatic N) is 1. The molecule has 0 aromatic heterocycles. The molecule has 2 aromatic rings. The van der Waals surface area contributed by atoms with Gasteiger partial charge in [-0.1, -0.05) is 12.1 Å². The Kier molecular flexibility index (Phi) is 6.34. The molecule has 0 unspecified atom stereocenters. The molecule has 0 heterocycles. The third kappa shape index (κ3) is 5.39. The third-order valence-corrected chi connectivity index (χ3v) is 3.50. The van der Waals surface area contributed by atoms with Crippen LogP contribution in [0, 0.1) is 11.3 Å². The van der Waals surface area contributed by atoms with E-state index in [9.17, 15) is 14.7 Å². The van der Waals surface area contributed by atoms with E-state index >= 15 is 0 Å². The van der Waals surface area contributed by atoms with Crippen molar-refractivity contribution in [2.45, 2.75) is 6.42 Å². The highest BCUT2D eigenvalue weighted by atomic mass is 16.4. The maximum absolute atomic E-state index is 12.1. The number of carboxylic acid groups (broad SMARTS) is 1. The highest BCUT2D eigenvalue weighted by Crippen LogP contribution is 2.11. The molecule has 0 aliphatic rings. The molecule has 0 atom stereocenters. The molecule has 7 nitrogen and oxygen atoms in total. The number of hydrogen-bond acceptors (Lipinski definition) is 5. The number of aromatic hydroxyl groups is 1. The first-order chi connectivity index (χ1) is 12.5. The summed E-state index contributed by atoms with van der Waals surface area (Å²) >= 11 is 0. The fraction of sp³-hybridized carbons (Fsp3) is 0.105. The Morgan fingerprint density at radius 1 is 1.08 bits per heavy atom. The molecule has 0 bridgehead atoms. The zero-order valence-electron chi connectivity index (χ0n) is 13.8. The molecule has 7 heteroatoms. The number of carbonyl (C=O) groups excluding carboxylic acids is 1. The van der Waals surface area contributed by atoms with Gasteiger partial charge in [-0.05, 0) is 48.4 Å². The Balaban J connectivity index is 1.88. The SMILES string of the molecule is N#C/C(=C/NCCc1ccc(O)cc1)C(=O)Nc1ccc(C(=O)O)cc1. The van der Waals surface area contributed by atoms with Crippen molar-refractivity contribution in [1.82, 2.24) is 5.32 Å². The number of hydrogen-bond donors (Lipinski definition) is 4. The van der Waals surface area contributed by atoms with E-state index in [0.29, 0.717) is 18.7 Å². The molecule has 0 aliphatic heterocycles. The van der Waals surface area contributed by atoms with Crippen molar-refractivity contribution in [1.29, 1.82) is 5.26 Å². The summed E-state index contributed by atoms with van der Waals surface area (Å²) in [5.41, 5.74) is 1.41. The minimum atomic E-state index is -1.06. The molecular formula is C19H17N3O4. The van der Waals surface area contributed by atoms with E-state index in [1.54, 1.807) is 24.3 Å². The summed E-state index contributed by atoms with van der Waals surface area (Å²) in [6, 6.07) is 14.2. The van der Waals surface area contributed by atoms with Crippen molar-refractivity contribution in [2.24, 2.45) is 0 Å². The second kappa shape index (κ2) is 8.89. The number of nitrogens with one attached hydrogen (secondary N) is 2. The Labute approximate surface area is 150 Å². The second-order valence-corrected chi connectivity index (χ2v) is 5.38. The lowest BCUT2D eigenvalue weighted by molar-refractivity contribution is -0.112. The molecule has 0 spiro atoms. The van der Waals surface area contributed by atoms with Crippen LogP contribution in [0.25, 0.3) is 0 Å². The smallest absolute Gasteiger partial charge is 0.335 e. The summed E-state index contributed by atoms with van der Waals surface area (Å²) in [4.78, 5) is 22.9. The third-order valence-electron chi connectivity index (χ3n) is 3.50. The molecule has 0 saturated carbocycles. The summed E-state index contributed by atoms with van der Waals surface area (Å²) in [7, 11) is 0. The molecule has 0 saturated heterocycles. The van der Waals surface area contributed by atoms with Crippen molar-refractivity contribution in [3.63, 3.8) is 0 Å². The lowest BCUT2D eigenvalue weighted by Gasteiger charge is -2.06. The van der Waals surface area contributed by atoms with E-state index in [-0.39, 0.29) is 16.9 Å². The van der Waals surface area contributed by atoms with Gasteiger partial charge >= 0.3 is 5.97 Å². The van der Waals surface area contributed by atoms with E-state index in [0.717, 1.165) is 5.56 Å². The van der Waals surface area contributed by atoms with Crippen molar-refractivity contribution >= 4 is 17.6 Å². The molecule has 2 rings (SSSR count). The number of anilines is 1. The minimum Gasteiger partial charge on any atom is -0.508 e. The second-order valence-electron chi connectivity index (χ2n) is 5.38. The van der Waals surface area contributed by atoms with Crippen LogP contribution in [0.5, 0.6) is 5.75 Å². The average Bonchev–Trinajstić information content (AvgIpc) is 2.63. The van der Waals surface area contributed by atoms with Gasteiger partial charge in [-0.3, -0.25) is 4.79 Å². The average molecular weight is 351 g/mol. The topological polar surface area (TPSA) is 122 Å². The quantitative estimate of drug-likeness (QED) is 0.345. The van der Waals surface area contributed by atoms with Crippen molar-refractivity contribution in [2.75, 3.05) is 11.9 Å². The van der Waals surface area contributed by atoms with Gasteiger partial charge < -0.3 is 20.8 Å². The van der Waals surface area contributed by atoms with Gasteiger partial charge in [0.2, 0.25) is 0 Å². The van der Waals surface area contributed by atoms with Gasteiger partial charge in [0.15, 0.2) is 0 Å². The van der Waals surface area contributed by atoms with Crippen LogP contribution in [0.15, 0.2) is 60.3 Å². The lowest BCUT2D eigenvalue weighted by atomic mass is 10.1. The zero-order valence-corrected chi connectivity index (χ0v) is 13.8. The van der Waals surface area contributed by atoms with E-state index < -0.39 is 11.9 Å². The van der Waals surface area contributed by atoms with Gasteiger partial charge in [0.25, 0.3) is 5.91 Å². The number of benzene rings is 2. The van der Waals surface area contributed by atoms with Crippen LogP contribution >= 0.6 is 0 Å². The number of carbonyl (C=O) groups is 2. The number of aromatic carboxylic acids is 1. The monoisotopic (exact) mass is 351 g/mol. The predicted octanol–water partition coefficient (Wildman–Crippen LogP) is 2.27. The van der Waals surface area contributed by atoms with Gasteiger partial charge in [0.05, 0.1) is 5.56 Å². The summed E-state index contributed by atoms with van der Waals surface area (Å²) in [5, 5.41) is 32.6. The summed E-state index contributed by atoms with van der Waals surface area (Å²) in [6.45, 7) is 0.510. The van der Waals surface area contributed by atoms with Gasteiger partial charge in [-0.15, -0.1) is 0 Å². The molecule has 2 aromatic carbocycles. The molecule has 1 amide bonds. The lowest BCUT2D eigenvalue weighted by Crippen LogP contribution is -2.18. The number of rotatable bonds is 7. The predicted molar refractivity (Wildman–Crippen MR) is 95.5 cm³/mol. The maximum atomic E-state index is 12.1. The molecule has 132 valence electrons. The molecule has 0 aliphatic carbocycles. The Hall–Kier alpha value is -3.79. The van der Waals surface area contributed by atoms with Crippen LogP contribution in [0.4, 0.5) is 5.69 Å². The Bertz CT molecular complexity index is 850. The van der Waals surface area contributed by atoms with Gasteiger partial charge in [-0.2, -0.15) is 5.26 Å². The molecule has 0 radical (unpaired) electrons. The molecule has 0 fully saturated rings. The van der Waals surface area contributed by atoms with Gasteiger partial charge in [0.1, 0.15) is 17.4 Å². The first-order valence-electron chi connectivity index (χ1n) is 7.76. The van der Waals surface area contributed by atoms with Crippen molar-refractivity contribution < 1.29 is 19.8 Å². The van der Waals surface area contributed by atoms with Crippen LogP contribution in [0.2, 0.25) is 0 Å². The number of phenols is 1. The summed E-state index contributed by atoms with van der Waals surface area (Å²) in [5.74, 6) is -1.45. The number of nitriles is 1. The highest BCUT2D eigenvalue weighted by molar-refractivity contribution is 6.06. The Morgan fingerprint density at radius 3 is 2.31 bits per heavy atom. The van der Waals surface area contributed by atoms with Crippen LogP contribution in [0.3, 0.4) is 0 Å². The summed E-state index contributed by atoms with van der Waals surface area (Å²) in [6.07, 6.45) is 2.00. The van der Waals surface area contributed by atoms with Gasteiger partial charge in [0, 0.05) is 18.4 Å². The van der Waals surface area contributed by atoms with E-state index in [1.807, 2.05) is 6.07 Å². The van der Waals surface area contributed by atoms with Crippen LogP contribution in [-0.4, -0.2) is 28.6 Å². The first-order valence-corrected chi connectivity index (χ1v) is 7.76. The fourth-order valence-corrected chi connectivity index (χ4v) is 2.10. The highest BCUT2D eigenvalue weighted by Gasteiger charge is 2.10. The zero-order chi connectivity index (χ0) is 18.9. The number of amides is 1. The largest absolute Gasteiger partial charge is 0.508 e. The van der Waals surface area contributed by atoms with Crippen molar-refractivity contribution in [3.05, 3.63) is 71.4 Å². The minimum absolute atomic E-state index is 0.0991. The maximum Gasteiger partial charge on any atom is 0.335 e. The molecular weight excluding hydrogens is 334 g/mol. The van der Waals surface area contributed by atoms with Crippen LogP contribution in [-0.2, 0) is 11.2 Å². The van der Waals surface area contributed by atoms with Crippen LogP contribution < -0.4 is 10.6 Å². The van der Waals surface area contributed by atoms with Crippen molar-refractivity contribution in [3.8, 4) is 11.8 Å². The molecule has 4 N–H and O–H groups in total. The fourth-order valence-electron chi connectivity index (χ4n) is 2.10. The normalized spacial score (nSPS) is 10.7. The van der Waals surface area contributed by atoms with E-state index in [1.165, 1.54) is 30.5 Å². The standard InChI is InChI=1S/C19H17N3O4/c20-11-15(12-21-10-9-13-1-7-17(23)8-2-13)18(24)22-16-5-3-14(4-6-16)19(25)26/h1-8,12,21,23H,9-10H2,(H,22,24)(H,25,26)/b15-12-. The Morgan fingerprint density at radius 2 is 1.73 bits per heavy atom. The number of phenolic OH excluding ortho intramolecular Hbond substituents is 1. The molecule has 26 heavy (non-hydrogen) atoms. The van der Waals surface area contributed by atoms with Gasteiger partial charge in [-0.25, -0.2) is 4.79 Å².